The number of carbonyl (C=O) groups is 1. The van der Waals surface area contributed by atoms with Crippen LogP contribution >= 0.6 is 0 Å². The topological polar surface area (TPSA) is 122 Å². The fraction of sp³-hybridized carbons (Fsp3) is 0.667. The molecule has 1 aromatic rings. The Bertz CT molecular complexity index is 714. The minimum atomic E-state index is -1.49. The Balaban J connectivity index is 2.25. The highest BCUT2D eigenvalue weighted by atomic mass is 16.5. The van der Waals surface area contributed by atoms with Gasteiger partial charge in [-0.05, 0) is 6.92 Å². The van der Waals surface area contributed by atoms with Gasteiger partial charge in [0, 0.05) is 23.6 Å². The van der Waals surface area contributed by atoms with Gasteiger partial charge < -0.3 is 14.9 Å². The SMILES string of the molecule is Cc1cn([C@H]2C[C@H](O)[C@@H]([C@@H](O)C(=O)C(C)(C)C)O2)c(=O)[nH]c1=O. The summed E-state index contributed by atoms with van der Waals surface area (Å²) in [6.07, 6.45) is -3.20. The van der Waals surface area contributed by atoms with Crippen LogP contribution in [0.5, 0.6) is 0 Å². The maximum absolute atomic E-state index is 12.1. The molecule has 0 bridgehead atoms. The van der Waals surface area contributed by atoms with Gasteiger partial charge in [-0.15, -0.1) is 0 Å². The Morgan fingerprint density at radius 3 is 2.61 bits per heavy atom. The van der Waals surface area contributed by atoms with Crippen LogP contribution in [0.4, 0.5) is 0 Å². The number of H-pyrrole nitrogens is 1. The highest BCUT2D eigenvalue weighted by Gasteiger charge is 2.44. The zero-order valence-corrected chi connectivity index (χ0v) is 13.6. The standard InChI is InChI=1S/C15H22N2O6/c1-7-6-17(14(22)16-13(7)21)9-5-8(18)11(23-9)10(19)12(20)15(2,3)4/h6,8-11,18-19H,5H2,1-4H3,(H,16,21,22)/t8-,9+,10+,11-/m0/s1. The lowest BCUT2D eigenvalue weighted by atomic mass is 9.85. The first kappa shape index (κ1) is 17.6. The molecule has 0 saturated carbocycles. The number of nitrogens with one attached hydrogen (secondary N) is 1. The predicted octanol–water partition coefficient (Wildman–Crippen LogP) is -0.530. The van der Waals surface area contributed by atoms with E-state index in [0.717, 1.165) is 4.57 Å². The minimum Gasteiger partial charge on any atom is -0.390 e. The number of aliphatic hydroxyl groups excluding tert-OH is 2. The van der Waals surface area contributed by atoms with Crippen molar-refractivity contribution in [3.63, 3.8) is 0 Å². The highest BCUT2D eigenvalue weighted by Crippen LogP contribution is 2.31. The fourth-order valence-electron chi connectivity index (χ4n) is 2.53. The van der Waals surface area contributed by atoms with E-state index in [1.54, 1.807) is 20.8 Å². The monoisotopic (exact) mass is 326 g/mol. The van der Waals surface area contributed by atoms with Crippen LogP contribution in [0, 0.1) is 12.3 Å². The molecule has 2 rings (SSSR count). The smallest absolute Gasteiger partial charge is 0.330 e. The van der Waals surface area contributed by atoms with Crippen molar-refractivity contribution >= 4 is 5.78 Å². The fourth-order valence-corrected chi connectivity index (χ4v) is 2.53. The van der Waals surface area contributed by atoms with Crippen molar-refractivity contribution in [3.8, 4) is 0 Å². The van der Waals surface area contributed by atoms with Crippen molar-refractivity contribution in [1.29, 1.82) is 0 Å². The van der Waals surface area contributed by atoms with Crippen molar-refractivity contribution in [3.05, 3.63) is 32.6 Å². The summed E-state index contributed by atoms with van der Waals surface area (Å²) in [7, 11) is 0. The second-order valence-corrected chi connectivity index (χ2v) is 6.90. The molecule has 0 radical (unpaired) electrons. The largest absolute Gasteiger partial charge is 0.390 e. The molecule has 2 heterocycles. The zero-order valence-electron chi connectivity index (χ0n) is 13.6. The Kier molecular flexibility index (Phi) is 4.61. The first-order valence-corrected chi connectivity index (χ1v) is 7.40. The number of Topliss-reactive ketones (excluding diaryl/α,β-unsaturated/α-hetero) is 1. The van der Waals surface area contributed by atoms with E-state index in [4.69, 9.17) is 4.74 Å². The van der Waals surface area contributed by atoms with Crippen molar-refractivity contribution in [1.82, 2.24) is 9.55 Å². The van der Waals surface area contributed by atoms with Crippen molar-refractivity contribution in [2.45, 2.75) is 58.7 Å². The summed E-state index contributed by atoms with van der Waals surface area (Å²) in [6.45, 7) is 6.52. The number of hydrogen-bond acceptors (Lipinski definition) is 6. The number of aryl methyl sites for hydroxylation is 1. The molecule has 1 aromatic heterocycles. The molecule has 8 heteroatoms. The van der Waals surface area contributed by atoms with E-state index in [1.165, 1.54) is 13.1 Å². The molecule has 0 unspecified atom stereocenters. The summed E-state index contributed by atoms with van der Waals surface area (Å²) in [6, 6.07) is 0. The van der Waals surface area contributed by atoms with Crippen LogP contribution < -0.4 is 11.2 Å². The average Bonchev–Trinajstić information content (AvgIpc) is 2.82. The van der Waals surface area contributed by atoms with Gasteiger partial charge in [-0.2, -0.15) is 0 Å². The second-order valence-electron chi connectivity index (χ2n) is 6.90. The van der Waals surface area contributed by atoms with Gasteiger partial charge in [0.05, 0.1) is 6.10 Å². The normalized spacial score (nSPS) is 26.3. The van der Waals surface area contributed by atoms with E-state index in [1.807, 2.05) is 0 Å². The van der Waals surface area contributed by atoms with Crippen LogP contribution in [0.1, 0.15) is 39.0 Å². The number of ketones is 1. The maximum atomic E-state index is 12.1. The first-order chi connectivity index (χ1) is 10.5. The van der Waals surface area contributed by atoms with Gasteiger partial charge in [-0.3, -0.25) is 19.1 Å². The molecule has 0 amide bonds. The molecule has 1 fully saturated rings. The van der Waals surface area contributed by atoms with Crippen LogP contribution in [0.25, 0.3) is 0 Å². The molecule has 0 aromatic carbocycles. The third kappa shape index (κ3) is 3.44. The maximum Gasteiger partial charge on any atom is 0.330 e. The first-order valence-electron chi connectivity index (χ1n) is 7.40. The van der Waals surface area contributed by atoms with E-state index in [-0.39, 0.29) is 6.42 Å². The third-order valence-electron chi connectivity index (χ3n) is 3.91. The summed E-state index contributed by atoms with van der Waals surface area (Å²) in [5, 5.41) is 20.3. The number of aromatic nitrogens is 2. The van der Waals surface area contributed by atoms with E-state index in [9.17, 15) is 24.6 Å². The molecule has 0 aliphatic carbocycles. The summed E-state index contributed by atoms with van der Waals surface area (Å²) >= 11 is 0. The van der Waals surface area contributed by atoms with Gasteiger partial charge in [-0.1, -0.05) is 20.8 Å². The molecular formula is C15H22N2O6. The molecular weight excluding hydrogens is 304 g/mol. The number of nitrogens with zero attached hydrogens (tertiary/aromatic N) is 1. The lowest BCUT2D eigenvalue weighted by Gasteiger charge is -2.26. The van der Waals surface area contributed by atoms with Crippen LogP contribution in [-0.2, 0) is 9.53 Å². The highest BCUT2D eigenvalue weighted by molar-refractivity contribution is 5.88. The van der Waals surface area contributed by atoms with Gasteiger partial charge in [0.25, 0.3) is 5.56 Å². The number of hydrogen-bond donors (Lipinski definition) is 3. The summed E-state index contributed by atoms with van der Waals surface area (Å²) in [5.74, 6) is -0.452. The van der Waals surface area contributed by atoms with E-state index >= 15 is 0 Å². The van der Waals surface area contributed by atoms with Gasteiger partial charge in [0.15, 0.2) is 5.78 Å². The quantitative estimate of drug-likeness (QED) is 0.686. The lowest BCUT2D eigenvalue weighted by molar-refractivity contribution is -0.148. The molecule has 23 heavy (non-hydrogen) atoms. The summed E-state index contributed by atoms with van der Waals surface area (Å²) in [4.78, 5) is 37.6. The summed E-state index contributed by atoms with van der Waals surface area (Å²) < 4.78 is 6.68. The number of ether oxygens (including phenoxy) is 1. The lowest BCUT2D eigenvalue weighted by Crippen LogP contribution is -2.45. The van der Waals surface area contributed by atoms with Crippen molar-refractivity contribution < 1.29 is 19.7 Å². The zero-order chi connectivity index (χ0) is 17.5. The van der Waals surface area contributed by atoms with Crippen LogP contribution in [0.15, 0.2) is 15.8 Å². The molecule has 1 saturated heterocycles. The Labute approximate surface area is 132 Å². The van der Waals surface area contributed by atoms with Crippen molar-refractivity contribution in [2.75, 3.05) is 0 Å². The number of aromatic amines is 1. The van der Waals surface area contributed by atoms with E-state index in [2.05, 4.69) is 4.98 Å². The van der Waals surface area contributed by atoms with E-state index in [0.29, 0.717) is 5.56 Å². The Morgan fingerprint density at radius 1 is 1.43 bits per heavy atom. The molecule has 8 nitrogen and oxygen atoms in total. The summed E-state index contributed by atoms with van der Waals surface area (Å²) in [5.41, 5.74) is -1.64. The number of rotatable bonds is 3. The minimum absolute atomic E-state index is 0.0323. The van der Waals surface area contributed by atoms with Gasteiger partial charge in [0.1, 0.15) is 18.4 Å². The van der Waals surface area contributed by atoms with Crippen molar-refractivity contribution in [2.24, 2.45) is 5.41 Å². The molecule has 1 aliphatic rings. The van der Waals surface area contributed by atoms with Crippen LogP contribution in [0.3, 0.4) is 0 Å². The Hall–Kier alpha value is -1.77. The molecule has 4 atom stereocenters. The van der Waals surface area contributed by atoms with Crippen LogP contribution in [0.2, 0.25) is 0 Å². The van der Waals surface area contributed by atoms with E-state index < -0.39 is 47.0 Å². The average molecular weight is 326 g/mol. The second kappa shape index (κ2) is 6.03. The van der Waals surface area contributed by atoms with Gasteiger partial charge >= 0.3 is 5.69 Å². The molecule has 1 aliphatic heterocycles. The van der Waals surface area contributed by atoms with Gasteiger partial charge in [0.2, 0.25) is 0 Å². The molecule has 3 N–H and O–H groups in total. The molecule has 0 spiro atoms. The Morgan fingerprint density at radius 2 is 2.04 bits per heavy atom. The third-order valence-corrected chi connectivity index (χ3v) is 3.91. The molecule has 128 valence electrons. The van der Waals surface area contributed by atoms with Crippen LogP contribution in [-0.4, -0.2) is 43.9 Å². The number of carbonyl (C=O) groups excluding carboxylic acids is 1. The predicted molar refractivity (Wildman–Crippen MR) is 81.1 cm³/mol. The number of aliphatic hydroxyl groups is 2. The van der Waals surface area contributed by atoms with Gasteiger partial charge in [-0.25, -0.2) is 4.79 Å².